The summed E-state index contributed by atoms with van der Waals surface area (Å²) >= 11 is 0. The second-order valence-corrected chi connectivity index (χ2v) is 2.40. The van der Waals surface area contributed by atoms with E-state index in [2.05, 4.69) is 0 Å². The molecule has 0 heterocycles. The molecule has 0 N–H and O–H groups in total. The van der Waals surface area contributed by atoms with E-state index >= 15 is 0 Å². The normalized spacial score (nSPS) is 9.50. The third-order valence-corrected chi connectivity index (χ3v) is 1.46. The Morgan fingerprint density at radius 1 is 1.33 bits per heavy atom. The summed E-state index contributed by atoms with van der Waals surface area (Å²) in [4.78, 5) is 0. The van der Waals surface area contributed by atoms with Gasteiger partial charge in [-0.2, -0.15) is 0 Å². The molecule has 0 aliphatic rings. The van der Waals surface area contributed by atoms with Gasteiger partial charge in [-0.25, -0.2) is 0 Å². The molecule has 1 aromatic rings. The maximum absolute atomic E-state index is 5.36. The van der Waals surface area contributed by atoms with Crippen LogP contribution in [0.25, 0.3) is 0 Å². The van der Waals surface area contributed by atoms with E-state index in [1.165, 1.54) is 0 Å². The van der Waals surface area contributed by atoms with Crippen molar-refractivity contribution in [3.63, 3.8) is 0 Å². The van der Waals surface area contributed by atoms with E-state index in [0.717, 1.165) is 11.5 Å². The lowest BCUT2D eigenvalue weighted by Gasteiger charge is -2.05. The predicted molar refractivity (Wildman–Crippen MR) is 48.5 cm³/mol. The molecule has 0 fully saturated rings. The molecule has 0 amide bonds. The Kier molecular flexibility index (Phi) is 3.45. The van der Waals surface area contributed by atoms with E-state index in [-0.39, 0.29) is 0 Å². The van der Waals surface area contributed by atoms with Gasteiger partial charge in [0.1, 0.15) is 11.5 Å². The Morgan fingerprint density at radius 2 is 2.08 bits per heavy atom. The fourth-order valence-corrected chi connectivity index (χ4v) is 0.871. The SMILES string of the molecule is C[CH]COc1cccc(OC)c1. The zero-order valence-electron chi connectivity index (χ0n) is 7.41. The van der Waals surface area contributed by atoms with Gasteiger partial charge in [0.25, 0.3) is 0 Å². The number of benzene rings is 1. The summed E-state index contributed by atoms with van der Waals surface area (Å²) in [6.45, 7) is 2.59. The lowest BCUT2D eigenvalue weighted by atomic mass is 10.3. The van der Waals surface area contributed by atoms with E-state index in [4.69, 9.17) is 9.47 Å². The average molecular weight is 165 g/mol. The number of hydrogen-bond donors (Lipinski definition) is 0. The monoisotopic (exact) mass is 165 g/mol. The van der Waals surface area contributed by atoms with E-state index in [1.807, 2.05) is 37.6 Å². The first-order valence-electron chi connectivity index (χ1n) is 3.91. The van der Waals surface area contributed by atoms with Gasteiger partial charge in [-0.1, -0.05) is 13.0 Å². The zero-order valence-corrected chi connectivity index (χ0v) is 7.41. The highest BCUT2D eigenvalue weighted by Crippen LogP contribution is 2.18. The van der Waals surface area contributed by atoms with Crippen LogP contribution in [0, 0.1) is 6.42 Å². The summed E-state index contributed by atoms with van der Waals surface area (Å²) < 4.78 is 10.4. The second kappa shape index (κ2) is 4.65. The summed E-state index contributed by atoms with van der Waals surface area (Å²) in [6.07, 6.45) is 1.96. The van der Waals surface area contributed by atoms with Crippen molar-refractivity contribution < 1.29 is 9.47 Å². The van der Waals surface area contributed by atoms with E-state index in [1.54, 1.807) is 7.11 Å². The first kappa shape index (κ1) is 8.91. The quantitative estimate of drug-likeness (QED) is 0.681. The number of hydrogen-bond acceptors (Lipinski definition) is 2. The molecule has 2 heteroatoms. The van der Waals surface area contributed by atoms with E-state index in [9.17, 15) is 0 Å². The maximum atomic E-state index is 5.36. The highest BCUT2D eigenvalue weighted by atomic mass is 16.5. The van der Waals surface area contributed by atoms with E-state index in [0.29, 0.717) is 6.61 Å². The molecular formula is C10H13O2. The Labute approximate surface area is 73.1 Å². The van der Waals surface area contributed by atoms with Gasteiger partial charge < -0.3 is 9.47 Å². The first-order valence-corrected chi connectivity index (χ1v) is 3.91. The number of rotatable bonds is 4. The smallest absolute Gasteiger partial charge is 0.122 e. The van der Waals surface area contributed by atoms with Crippen LogP contribution in [0.15, 0.2) is 24.3 Å². The van der Waals surface area contributed by atoms with Crippen LogP contribution in [0.2, 0.25) is 0 Å². The summed E-state index contributed by atoms with van der Waals surface area (Å²) in [5, 5.41) is 0. The molecule has 65 valence electrons. The minimum Gasteiger partial charge on any atom is -0.497 e. The Hall–Kier alpha value is -1.18. The Bertz CT molecular complexity index is 233. The van der Waals surface area contributed by atoms with Gasteiger partial charge in [0.05, 0.1) is 13.7 Å². The van der Waals surface area contributed by atoms with Crippen molar-refractivity contribution >= 4 is 0 Å². The first-order chi connectivity index (χ1) is 5.86. The van der Waals surface area contributed by atoms with Crippen LogP contribution in [0.3, 0.4) is 0 Å². The molecule has 0 saturated heterocycles. The summed E-state index contributed by atoms with van der Waals surface area (Å²) in [6, 6.07) is 7.57. The predicted octanol–water partition coefficient (Wildman–Crippen LogP) is 2.30. The van der Waals surface area contributed by atoms with E-state index < -0.39 is 0 Å². The highest BCUT2D eigenvalue weighted by molar-refractivity contribution is 5.32. The van der Waals surface area contributed by atoms with Crippen molar-refractivity contribution in [3.8, 4) is 11.5 Å². The highest BCUT2D eigenvalue weighted by Gasteiger charge is 1.94. The largest absolute Gasteiger partial charge is 0.497 e. The third-order valence-electron chi connectivity index (χ3n) is 1.46. The molecule has 0 aliphatic heterocycles. The van der Waals surface area contributed by atoms with Crippen LogP contribution in [0.5, 0.6) is 11.5 Å². The molecule has 0 aliphatic carbocycles. The lowest BCUT2D eigenvalue weighted by Crippen LogP contribution is -1.95. The number of methoxy groups -OCH3 is 1. The molecule has 0 saturated carbocycles. The van der Waals surface area contributed by atoms with Gasteiger partial charge in [0.15, 0.2) is 0 Å². The molecular weight excluding hydrogens is 152 g/mol. The van der Waals surface area contributed by atoms with Crippen LogP contribution in [0.1, 0.15) is 6.92 Å². The Morgan fingerprint density at radius 3 is 2.75 bits per heavy atom. The van der Waals surface area contributed by atoms with Crippen molar-refractivity contribution in [3.05, 3.63) is 30.7 Å². The molecule has 2 nitrogen and oxygen atoms in total. The van der Waals surface area contributed by atoms with Crippen molar-refractivity contribution in [2.75, 3.05) is 13.7 Å². The maximum Gasteiger partial charge on any atom is 0.122 e. The van der Waals surface area contributed by atoms with Gasteiger partial charge in [-0.05, 0) is 18.6 Å². The van der Waals surface area contributed by atoms with Crippen molar-refractivity contribution in [1.82, 2.24) is 0 Å². The molecule has 1 aromatic carbocycles. The van der Waals surface area contributed by atoms with Gasteiger partial charge >= 0.3 is 0 Å². The van der Waals surface area contributed by atoms with Gasteiger partial charge in [0.2, 0.25) is 0 Å². The topological polar surface area (TPSA) is 18.5 Å². The minimum atomic E-state index is 0.632. The Balaban J connectivity index is 2.60. The van der Waals surface area contributed by atoms with Gasteiger partial charge in [0, 0.05) is 6.07 Å². The lowest BCUT2D eigenvalue weighted by molar-refractivity contribution is 0.345. The molecule has 1 radical (unpaired) electrons. The van der Waals surface area contributed by atoms with Crippen LogP contribution < -0.4 is 9.47 Å². The zero-order chi connectivity index (χ0) is 8.81. The molecule has 0 bridgehead atoms. The second-order valence-electron chi connectivity index (χ2n) is 2.40. The molecule has 0 aromatic heterocycles. The number of ether oxygens (including phenoxy) is 2. The van der Waals surface area contributed by atoms with Crippen LogP contribution in [-0.2, 0) is 0 Å². The van der Waals surface area contributed by atoms with Crippen molar-refractivity contribution in [2.45, 2.75) is 6.92 Å². The fraction of sp³-hybridized carbons (Fsp3) is 0.300. The molecule has 0 spiro atoms. The fourth-order valence-electron chi connectivity index (χ4n) is 0.871. The molecule has 12 heavy (non-hydrogen) atoms. The molecule has 0 atom stereocenters. The van der Waals surface area contributed by atoms with Gasteiger partial charge in [-0.15, -0.1) is 0 Å². The third kappa shape index (κ3) is 2.46. The van der Waals surface area contributed by atoms with Crippen LogP contribution >= 0.6 is 0 Å². The summed E-state index contributed by atoms with van der Waals surface area (Å²) in [5.74, 6) is 1.66. The summed E-state index contributed by atoms with van der Waals surface area (Å²) in [5.41, 5.74) is 0. The van der Waals surface area contributed by atoms with Crippen molar-refractivity contribution in [1.29, 1.82) is 0 Å². The van der Waals surface area contributed by atoms with Crippen molar-refractivity contribution in [2.24, 2.45) is 0 Å². The van der Waals surface area contributed by atoms with Gasteiger partial charge in [-0.3, -0.25) is 0 Å². The molecule has 0 unspecified atom stereocenters. The summed E-state index contributed by atoms with van der Waals surface area (Å²) in [7, 11) is 1.64. The van der Waals surface area contributed by atoms with Crippen LogP contribution in [-0.4, -0.2) is 13.7 Å². The molecule has 1 rings (SSSR count). The van der Waals surface area contributed by atoms with Crippen LogP contribution in [0.4, 0.5) is 0 Å². The minimum absolute atomic E-state index is 0.632. The average Bonchev–Trinajstić information content (AvgIpc) is 2.15. The standard InChI is InChI=1S/C10H13O2/c1-3-7-12-10-6-4-5-9(8-10)11-2/h3-6,8H,7H2,1-2H3.